The first-order valence-electron chi connectivity index (χ1n) is 13.4. The second-order valence-electron chi connectivity index (χ2n) is 10.1. The van der Waals surface area contributed by atoms with Gasteiger partial charge in [0.25, 0.3) is 0 Å². The molecule has 7 nitrogen and oxygen atoms in total. The molecule has 194 valence electrons. The van der Waals surface area contributed by atoms with Gasteiger partial charge in [-0.05, 0) is 55.6 Å². The molecule has 2 aromatic carbocycles. The Morgan fingerprint density at radius 1 is 0.865 bits per heavy atom. The average Bonchev–Trinajstić information content (AvgIpc) is 2.94. The van der Waals surface area contributed by atoms with Crippen LogP contribution >= 0.6 is 12.2 Å². The zero-order valence-corrected chi connectivity index (χ0v) is 22.6. The van der Waals surface area contributed by atoms with Gasteiger partial charge in [0.15, 0.2) is 5.11 Å². The van der Waals surface area contributed by atoms with Crippen LogP contribution in [0.25, 0.3) is 0 Å². The lowest BCUT2D eigenvalue weighted by molar-refractivity contribution is 0.444. The molecule has 0 bridgehead atoms. The summed E-state index contributed by atoms with van der Waals surface area (Å²) in [5.41, 5.74) is 2.46. The maximum absolute atomic E-state index is 5.66. The van der Waals surface area contributed by atoms with Crippen molar-refractivity contribution in [3.05, 3.63) is 72.3 Å². The lowest BCUT2D eigenvalue weighted by Gasteiger charge is -2.37. The molecule has 37 heavy (non-hydrogen) atoms. The van der Waals surface area contributed by atoms with Crippen molar-refractivity contribution in [2.75, 3.05) is 59.3 Å². The van der Waals surface area contributed by atoms with Crippen molar-refractivity contribution in [3.63, 3.8) is 0 Å². The van der Waals surface area contributed by atoms with E-state index in [0.29, 0.717) is 17.0 Å². The Morgan fingerprint density at radius 2 is 1.49 bits per heavy atom. The minimum Gasteiger partial charge on any atom is -0.368 e. The largest absolute Gasteiger partial charge is 0.368 e. The summed E-state index contributed by atoms with van der Waals surface area (Å²) in [4.78, 5) is 17.0. The fourth-order valence-electron chi connectivity index (χ4n) is 5.19. The van der Waals surface area contributed by atoms with Gasteiger partial charge in [0.1, 0.15) is 11.6 Å². The molecule has 8 heteroatoms. The van der Waals surface area contributed by atoms with Crippen LogP contribution in [-0.4, -0.2) is 54.3 Å². The van der Waals surface area contributed by atoms with E-state index in [1.165, 1.54) is 24.1 Å². The molecule has 5 rings (SSSR count). The van der Waals surface area contributed by atoms with Crippen molar-refractivity contribution in [2.24, 2.45) is 5.92 Å². The molecule has 2 N–H and O–H groups in total. The standard InChI is InChI=1S/C29H37N7S/c1-22-10-9-15-36(21-22)27-20-26(35-18-16-34(17-19-35)25-13-7-4-8-14-25)31-28(32-27)33-29(37)30-23(2)24-11-5-3-6-12-24/h3-8,11-14,20,22-23H,9-10,15-19,21H2,1-2H3,(H2,30,31,32,33,37)/t22-,23+/m0/s1. The van der Waals surface area contributed by atoms with Crippen LogP contribution in [0.2, 0.25) is 0 Å². The minimum atomic E-state index is 0.0814. The predicted octanol–water partition coefficient (Wildman–Crippen LogP) is 5.09. The number of hydrogen-bond donors (Lipinski definition) is 2. The summed E-state index contributed by atoms with van der Waals surface area (Å²) >= 11 is 5.66. The van der Waals surface area contributed by atoms with E-state index in [0.717, 1.165) is 50.9 Å². The maximum Gasteiger partial charge on any atom is 0.232 e. The first kappa shape index (κ1) is 25.3. The number of rotatable bonds is 6. The highest BCUT2D eigenvalue weighted by Crippen LogP contribution is 2.27. The summed E-state index contributed by atoms with van der Waals surface area (Å²) in [5, 5.41) is 7.19. The van der Waals surface area contributed by atoms with Crippen molar-refractivity contribution in [2.45, 2.75) is 32.7 Å². The molecule has 0 saturated carbocycles. The second kappa shape index (κ2) is 11.8. The molecule has 3 heterocycles. The third-order valence-electron chi connectivity index (χ3n) is 7.28. The Kier molecular flexibility index (Phi) is 8.04. The van der Waals surface area contributed by atoms with E-state index in [1.807, 2.05) is 18.2 Å². The third kappa shape index (κ3) is 6.49. The molecule has 2 fully saturated rings. The molecule has 0 spiro atoms. The summed E-state index contributed by atoms with van der Waals surface area (Å²) in [5.74, 6) is 3.14. The number of thiocarbonyl (C=S) groups is 1. The molecule has 0 unspecified atom stereocenters. The molecule has 0 aliphatic carbocycles. The van der Waals surface area contributed by atoms with Gasteiger partial charge >= 0.3 is 0 Å². The zero-order chi connectivity index (χ0) is 25.6. The molecule has 3 aromatic rings. The van der Waals surface area contributed by atoms with Gasteiger partial charge in [-0.3, -0.25) is 0 Å². The molecule has 1 aromatic heterocycles. The van der Waals surface area contributed by atoms with Gasteiger partial charge in [0.05, 0.1) is 6.04 Å². The molecule has 2 atom stereocenters. The number of nitrogens with zero attached hydrogens (tertiary/aromatic N) is 5. The predicted molar refractivity (Wildman–Crippen MR) is 158 cm³/mol. The summed E-state index contributed by atoms with van der Waals surface area (Å²) in [6.07, 6.45) is 2.46. The lowest BCUT2D eigenvalue weighted by Crippen LogP contribution is -2.47. The van der Waals surface area contributed by atoms with E-state index in [9.17, 15) is 0 Å². The monoisotopic (exact) mass is 515 g/mol. The lowest BCUT2D eigenvalue weighted by atomic mass is 10.0. The molecule has 2 saturated heterocycles. The van der Waals surface area contributed by atoms with Gasteiger partial charge in [-0.2, -0.15) is 9.97 Å². The fraction of sp³-hybridized carbons (Fsp3) is 0.414. The van der Waals surface area contributed by atoms with Gasteiger partial charge in [-0.15, -0.1) is 0 Å². The minimum absolute atomic E-state index is 0.0814. The van der Waals surface area contributed by atoms with Crippen molar-refractivity contribution in [1.82, 2.24) is 15.3 Å². The molecular formula is C29H37N7S. The van der Waals surface area contributed by atoms with Crippen LogP contribution in [0, 0.1) is 5.92 Å². The number of hydrogen-bond acceptors (Lipinski definition) is 6. The second-order valence-corrected chi connectivity index (χ2v) is 10.6. The SMILES string of the molecule is C[C@H]1CCCN(c2cc(N3CCN(c4ccccc4)CC3)nc(NC(=S)N[C@H](C)c3ccccc3)n2)C1. The molecular weight excluding hydrogens is 478 g/mol. The van der Waals surface area contributed by atoms with Crippen LogP contribution in [-0.2, 0) is 0 Å². The topological polar surface area (TPSA) is 59.6 Å². The van der Waals surface area contributed by atoms with Crippen molar-refractivity contribution < 1.29 is 0 Å². The van der Waals surface area contributed by atoms with Crippen LogP contribution in [0.5, 0.6) is 0 Å². The fourth-order valence-corrected chi connectivity index (χ4v) is 5.46. The Labute approximate surface area is 225 Å². The quantitative estimate of drug-likeness (QED) is 0.441. The van der Waals surface area contributed by atoms with Crippen molar-refractivity contribution in [3.8, 4) is 0 Å². The number of aromatic nitrogens is 2. The highest BCUT2D eigenvalue weighted by Gasteiger charge is 2.23. The first-order valence-corrected chi connectivity index (χ1v) is 13.8. The van der Waals surface area contributed by atoms with E-state index in [2.05, 4.69) is 87.7 Å². The van der Waals surface area contributed by atoms with Crippen LogP contribution < -0.4 is 25.3 Å². The van der Waals surface area contributed by atoms with E-state index >= 15 is 0 Å². The van der Waals surface area contributed by atoms with Gasteiger partial charge < -0.3 is 25.3 Å². The Morgan fingerprint density at radius 3 is 2.16 bits per heavy atom. The number of piperidine rings is 1. The highest BCUT2D eigenvalue weighted by molar-refractivity contribution is 7.80. The Bertz CT molecular complexity index is 1170. The molecule has 2 aliphatic rings. The number of benzene rings is 2. The van der Waals surface area contributed by atoms with E-state index in [1.54, 1.807) is 0 Å². The Balaban J connectivity index is 1.32. The van der Waals surface area contributed by atoms with Gasteiger partial charge in [-0.25, -0.2) is 0 Å². The van der Waals surface area contributed by atoms with Crippen LogP contribution in [0.4, 0.5) is 23.3 Å². The van der Waals surface area contributed by atoms with Crippen molar-refractivity contribution in [1.29, 1.82) is 0 Å². The third-order valence-corrected chi connectivity index (χ3v) is 7.50. The normalized spacial score (nSPS) is 18.9. The average molecular weight is 516 g/mol. The molecule has 2 aliphatic heterocycles. The van der Waals surface area contributed by atoms with E-state index in [4.69, 9.17) is 22.2 Å². The highest BCUT2D eigenvalue weighted by atomic mass is 32.1. The zero-order valence-electron chi connectivity index (χ0n) is 21.8. The number of anilines is 4. The van der Waals surface area contributed by atoms with Gasteiger partial charge in [-0.1, -0.05) is 55.5 Å². The summed E-state index contributed by atoms with van der Waals surface area (Å²) < 4.78 is 0. The van der Waals surface area contributed by atoms with Crippen molar-refractivity contribution >= 4 is 40.6 Å². The first-order chi connectivity index (χ1) is 18.0. The van der Waals surface area contributed by atoms with Crippen LogP contribution in [0.1, 0.15) is 38.3 Å². The van der Waals surface area contributed by atoms with Gasteiger partial charge in [0.2, 0.25) is 5.95 Å². The van der Waals surface area contributed by atoms with E-state index < -0.39 is 0 Å². The van der Waals surface area contributed by atoms with Crippen LogP contribution in [0.15, 0.2) is 66.7 Å². The number of para-hydroxylation sites is 1. The van der Waals surface area contributed by atoms with Gasteiger partial charge in [0, 0.05) is 51.0 Å². The molecule has 0 amide bonds. The smallest absolute Gasteiger partial charge is 0.232 e. The number of nitrogens with one attached hydrogen (secondary N) is 2. The van der Waals surface area contributed by atoms with Crippen LogP contribution in [0.3, 0.4) is 0 Å². The molecule has 0 radical (unpaired) electrons. The maximum atomic E-state index is 5.66. The summed E-state index contributed by atoms with van der Waals surface area (Å²) in [7, 11) is 0. The number of piperazine rings is 1. The summed E-state index contributed by atoms with van der Waals surface area (Å²) in [6.45, 7) is 10.2. The summed E-state index contributed by atoms with van der Waals surface area (Å²) in [6, 6.07) is 23.2. The van der Waals surface area contributed by atoms with E-state index in [-0.39, 0.29) is 6.04 Å². The Hall–Kier alpha value is -3.39.